The van der Waals surface area contributed by atoms with Gasteiger partial charge in [-0.05, 0) is 35.4 Å². The number of H-pyrrole nitrogens is 1. The lowest BCUT2D eigenvalue weighted by atomic mass is 9.78. The van der Waals surface area contributed by atoms with E-state index in [9.17, 15) is 10.1 Å². The van der Waals surface area contributed by atoms with Gasteiger partial charge in [0.05, 0.1) is 13.0 Å². The van der Waals surface area contributed by atoms with E-state index >= 15 is 0 Å². The Kier molecular flexibility index (Phi) is 4.39. The molecular weight excluding hydrogens is 380 g/mol. The molecule has 0 unspecified atom stereocenters. The monoisotopic (exact) mass is 400 g/mol. The molecule has 1 aromatic heterocycles. The molecule has 0 amide bonds. The Bertz CT molecular complexity index is 1220. The van der Waals surface area contributed by atoms with Crippen LogP contribution in [0.1, 0.15) is 28.7 Å². The van der Waals surface area contributed by atoms with Gasteiger partial charge in [-0.15, -0.1) is 0 Å². The maximum absolute atomic E-state index is 12.4. The second-order valence-electron chi connectivity index (χ2n) is 7.40. The number of nitro groups is 1. The number of para-hydroxylation sites is 1. The molecule has 2 heterocycles. The molecular formula is C24H20N2O4. The Morgan fingerprint density at radius 2 is 1.77 bits per heavy atom. The Balaban J connectivity index is 1.77. The Labute approximate surface area is 173 Å². The minimum atomic E-state index is -0.994. The summed E-state index contributed by atoms with van der Waals surface area (Å²) in [6.07, 6.45) is 1.17. The first-order chi connectivity index (χ1) is 14.7. The molecule has 3 aromatic carbocycles. The standard InChI is InChI=1S/C24H20N2O4/c1-29-16-11-12-21-18(13-16)22(19-14-25-20-10-6-5-9-17(19)20)23(26(27)28)24(30-21)15-7-3-2-4-8-15/h2-14,22-25H,1H3/t22-,23+,24-/m0/s1. The van der Waals surface area contributed by atoms with Crippen molar-refractivity contribution in [2.24, 2.45) is 0 Å². The summed E-state index contributed by atoms with van der Waals surface area (Å²) in [4.78, 5) is 15.5. The molecule has 1 aliphatic heterocycles. The first-order valence-corrected chi connectivity index (χ1v) is 9.76. The van der Waals surface area contributed by atoms with Gasteiger partial charge in [0.2, 0.25) is 0 Å². The van der Waals surface area contributed by atoms with Crippen LogP contribution in [0.25, 0.3) is 10.9 Å². The van der Waals surface area contributed by atoms with Crippen LogP contribution in [0.15, 0.2) is 79.0 Å². The molecule has 0 bridgehead atoms. The average molecular weight is 400 g/mol. The second kappa shape index (κ2) is 7.22. The predicted octanol–water partition coefficient (Wildman–Crippen LogP) is 5.09. The third-order valence-corrected chi connectivity index (χ3v) is 5.79. The van der Waals surface area contributed by atoms with Gasteiger partial charge in [-0.2, -0.15) is 0 Å². The summed E-state index contributed by atoms with van der Waals surface area (Å²) in [6.45, 7) is 0. The maximum Gasteiger partial charge on any atom is 0.264 e. The van der Waals surface area contributed by atoms with Crippen molar-refractivity contribution in [2.45, 2.75) is 18.1 Å². The zero-order chi connectivity index (χ0) is 20.7. The van der Waals surface area contributed by atoms with Gasteiger partial charge in [-0.1, -0.05) is 48.5 Å². The van der Waals surface area contributed by atoms with Crippen molar-refractivity contribution in [1.29, 1.82) is 0 Å². The highest BCUT2D eigenvalue weighted by Crippen LogP contribution is 2.49. The molecule has 150 valence electrons. The second-order valence-corrected chi connectivity index (χ2v) is 7.40. The van der Waals surface area contributed by atoms with E-state index in [1.807, 2.05) is 79.0 Å². The number of aromatic amines is 1. The summed E-state index contributed by atoms with van der Waals surface area (Å²) in [7, 11) is 1.59. The third kappa shape index (κ3) is 2.88. The van der Waals surface area contributed by atoms with E-state index in [4.69, 9.17) is 9.47 Å². The number of rotatable bonds is 4. The molecule has 1 N–H and O–H groups in total. The SMILES string of the molecule is COc1ccc2c(c1)[C@@H](c1c[nH]c3ccccc13)[C@@H]([N+](=O)[O-])[C@H](c1ccccc1)O2. The molecule has 0 radical (unpaired) electrons. The Morgan fingerprint density at radius 3 is 2.53 bits per heavy atom. The van der Waals surface area contributed by atoms with Crippen LogP contribution in [-0.4, -0.2) is 23.1 Å². The molecule has 6 nitrogen and oxygen atoms in total. The summed E-state index contributed by atoms with van der Waals surface area (Å²) >= 11 is 0. The summed E-state index contributed by atoms with van der Waals surface area (Å²) < 4.78 is 11.6. The zero-order valence-electron chi connectivity index (χ0n) is 16.3. The molecule has 5 rings (SSSR count). The van der Waals surface area contributed by atoms with Crippen molar-refractivity contribution in [3.8, 4) is 11.5 Å². The van der Waals surface area contributed by atoms with Crippen LogP contribution in [0.3, 0.4) is 0 Å². The highest BCUT2D eigenvalue weighted by Gasteiger charge is 2.49. The topological polar surface area (TPSA) is 77.4 Å². The molecule has 0 fully saturated rings. The Morgan fingerprint density at radius 1 is 1.00 bits per heavy atom. The number of nitrogens with zero attached hydrogens (tertiary/aromatic N) is 1. The number of methoxy groups -OCH3 is 1. The molecule has 6 heteroatoms. The highest BCUT2D eigenvalue weighted by atomic mass is 16.6. The number of fused-ring (bicyclic) bond motifs is 2. The first kappa shape index (κ1) is 18.2. The fourth-order valence-electron chi connectivity index (χ4n) is 4.41. The van der Waals surface area contributed by atoms with E-state index in [0.29, 0.717) is 11.5 Å². The van der Waals surface area contributed by atoms with Gasteiger partial charge in [0.25, 0.3) is 6.04 Å². The quantitative estimate of drug-likeness (QED) is 0.382. The maximum atomic E-state index is 12.4. The average Bonchev–Trinajstić information content (AvgIpc) is 3.21. The number of benzene rings is 3. The van der Waals surface area contributed by atoms with E-state index in [1.54, 1.807) is 7.11 Å². The van der Waals surface area contributed by atoms with E-state index < -0.39 is 18.1 Å². The van der Waals surface area contributed by atoms with Crippen molar-refractivity contribution in [3.05, 3.63) is 106 Å². The van der Waals surface area contributed by atoms with Crippen molar-refractivity contribution >= 4 is 10.9 Å². The molecule has 0 spiro atoms. The molecule has 4 aromatic rings. The van der Waals surface area contributed by atoms with E-state index in [2.05, 4.69) is 4.98 Å². The highest BCUT2D eigenvalue weighted by molar-refractivity contribution is 5.84. The largest absolute Gasteiger partial charge is 0.497 e. The van der Waals surface area contributed by atoms with E-state index in [0.717, 1.165) is 27.6 Å². The predicted molar refractivity (Wildman–Crippen MR) is 114 cm³/mol. The summed E-state index contributed by atoms with van der Waals surface area (Å²) in [5.41, 5.74) is 3.37. The van der Waals surface area contributed by atoms with Crippen LogP contribution in [0.5, 0.6) is 11.5 Å². The number of hydrogen-bond donors (Lipinski definition) is 1. The van der Waals surface area contributed by atoms with Gasteiger partial charge in [0.1, 0.15) is 11.5 Å². The number of aromatic nitrogens is 1. The van der Waals surface area contributed by atoms with Crippen LogP contribution in [0, 0.1) is 10.1 Å². The first-order valence-electron chi connectivity index (χ1n) is 9.76. The fraction of sp³-hybridized carbons (Fsp3) is 0.167. The number of ether oxygens (including phenoxy) is 2. The lowest BCUT2D eigenvalue weighted by Crippen LogP contribution is -2.40. The van der Waals surface area contributed by atoms with Gasteiger partial charge in [0, 0.05) is 27.6 Å². The van der Waals surface area contributed by atoms with E-state index in [-0.39, 0.29) is 4.92 Å². The van der Waals surface area contributed by atoms with Gasteiger partial charge in [-0.3, -0.25) is 10.1 Å². The van der Waals surface area contributed by atoms with Crippen LogP contribution in [0.4, 0.5) is 0 Å². The van der Waals surface area contributed by atoms with Crippen molar-refractivity contribution in [1.82, 2.24) is 4.98 Å². The van der Waals surface area contributed by atoms with Crippen LogP contribution in [-0.2, 0) is 0 Å². The minimum Gasteiger partial charge on any atom is -0.497 e. The molecule has 1 aliphatic rings. The van der Waals surface area contributed by atoms with Gasteiger partial charge in [-0.25, -0.2) is 0 Å². The Hall–Kier alpha value is -3.80. The normalized spacial score (nSPS) is 20.4. The van der Waals surface area contributed by atoms with Gasteiger partial charge < -0.3 is 14.5 Å². The third-order valence-electron chi connectivity index (χ3n) is 5.79. The van der Waals surface area contributed by atoms with Crippen molar-refractivity contribution in [3.63, 3.8) is 0 Å². The molecule has 30 heavy (non-hydrogen) atoms. The number of hydrogen-bond acceptors (Lipinski definition) is 4. The zero-order valence-corrected chi connectivity index (χ0v) is 16.3. The van der Waals surface area contributed by atoms with Crippen LogP contribution < -0.4 is 9.47 Å². The molecule has 3 atom stereocenters. The fourth-order valence-corrected chi connectivity index (χ4v) is 4.41. The molecule has 0 saturated carbocycles. The summed E-state index contributed by atoms with van der Waals surface area (Å²) in [5, 5.41) is 13.4. The molecule has 0 saturated heterocycles. The van der Waals surface area contributed by atoms with Crippen LogP contribution in [0.2, 0.25) is 0 Å². The summed E-state index contributed by atoms with van der Waals surface area (Å²) in [6, 6.07) is 21.8. The molecule has 0 aliphatic carbocycles. The van der Waals surface area contributed by atoms with Gasteiger partial charge in [0.15, 0.2) is 6.10 Å². The van der Waals surface area contributed by atoms with Crippen LogP contribution >= 0.6 is 0 Å². The lowest BCUT2D eigenvalue weighted by Gasteiger charge is -2.35. The summed E-state index contributed by atoms with van der Waals surface area (Å²) in [5.74, 6) is 0.778. The van der Waals surface area contributed by atoms with Gasteiger partial charge >= 0.3 is 0 Å². The van der Waals surface area contributed by atoms with Crippen molar-refractivity contribution < 1.29 is 14.4 Å². The number of nitrogens with one attached hydrogen (secondary N) is 1. The smallest absolute Gasteiger partial charge is 0.264 e. The van der Waals surface area contributed by atoms with E-state index in [1.165, 1.54) is 0 Å². The minimum absolute atomic E-state index is 0.216. The van der Waals surface area contributed by atoms with Crippen molar-refractivity contribution in [2.75, 3.05) is 7.11 Å². The lowest BCUT2D eigenvalue weighted by molar-refractivity contribution is -0.538.